The maximum Gasteiger partial charge on any atom is 0.251 e. The molecule has 0 fully saturated rings. The first kappa shape index (κ1) is 16.5. The molecule has 2 rings (SSSR count). The second-order valence-corrected chi connectivity index (χ2v) is 6.34. The second kappa shape index (κ2) is 7.95. The van der Waals surface area contributed by atoms with Crippen LogP contribution in [0.4, 0.5) is 0 Å². The highest BCUT2D eigenvalue weighted by atomic mass is 32.2. The molecule has 0 aliphatic rings. The molecule has 0 spiro atoms. The van der Waals surface area contributed by atoms with E-state index in [2.05, 4.69) is 15.3 Å². The van der Waals surface area contributed by atoms with Crippen molar-refractivity contribution >= 4 is 29.9 Å². The second-order valence-electron chi connectivity index (χ2n) is 4.66. The van der Waals surface area contributed by atoms with Gasteiger partial charge in [0.05, 0.1) is 11.8 Å². The number of hydrogen-bond donors (Lipinski definition) is 3. The molecule has 3 N–H and O–H groups in total. The van der Waals surface area contributed by atoms with E-state index in [1.165, 1.54) is 17.8 Å². The van der Waals surface area contributed by atoms with Crippen molar-refractivity contribution in [1.29, 1.82) is 0 Å². The number of amides is 1. The predicted molar refractivity (Wildman–Crippen MR) is 90.5 cm³/mol. The average Bonchev–Trinajstić information content (AvgIpc) is 2.50. The fourth-order valence-corrected chi connectivity index (χ4v) is 3.13. The monoisotopic (exact) mass is 335 g/mol. The third kappa shape index (κ3) is 4.85. The first-order valence-electron chi connectivity index (χ1n) is 6.90. The van der Waals surface area contributed by atoms with Crippen molar-refractivity contribution in [1.82, 2.24) is 15.3 Å². The molecule has 1 atom stereocenters. The van der Waals surface area contributed by atoms with E-state index < -0.39 is 0 Å². The van der Waals surface area contributed by atoms with Crippen LogP contribution in [0, 0.1) is 4.77 Å². The summed E-state index contributed by atoms with van der Waals surface area (Å²) < 4.78 is 0.252. The van der Waals surface area contributed by atoms with Gasteiger partial charge in [0.15, 0.2) is 4.77 Å². The Labute approximate surface area is 137 Å². The molecule has 1 aromatic heterocycles. The number of rotatable bonds is 6. The SMILES string of the molecule is CCC(Sc1ccccc1)C(=O)NCc1cc(=O)[nH]c(=S)[nH]1. The Morgan fingerprint density at radius 1 is 1.32 bits per heavy atom. The molecule has 0 aliphatic heterocycles. The van der Waals surface area contributed by atoms with Crippen molar-refractivity contribution in [3.05, 3.63) is 57.2 Å². The molecule has 0 bridgehead atoms. The summed E-state index contributed by atoms with van der Waals surface area (Å²) in [6.45, 7) is 2.22. The van der Waals surface area contributed by atoms with Crippen LogP contribution in [0.2, 0.25) is 0 Å². The third-order valence-corrected chi connectivity index (χ3v) is 4.53. The van der Waals surface area contributed by atoms with E-state index >= 15 is 0 Å². The average molecular weight is 335 g/mol. The van der Waals surface area contributed by atoms with Crippen molar-refractivity contribution in [2.24, 2.45) is 0 Å². The van der Waals surface area contributed by atoms with Gasteiger partial charge in [-0.2, -0.15) is 0 Å². The molecule has 7 heteroatoms. The molecule has 0 saturated carbocycles. The number of nitrogens with one attached hydrogen (secondary N) is 3. The van der Waals surface area contributed by atoms with E-state index in [1.807, 2.05) is 37.3 Å². The number of carbonyl (C=O) groups excluding carboxylic acids is 1. The molecular weight excluding hydrogens is 318 g/mol. The summed E-state index contributed by atoms with van der Waals surface area (Å²) in [5, 5.41) is 2.66. The number of thioether (sulfide) groups is 1. The lowest BCUT2D eigenvalue weighted by Crippen LogP contribution is -2.32. The maximum atomic E-state index is 12.3. The minimum Gasteiger partial charge on any atom is -0.350 e. The number of aromatic nitrogens is 2. The molecule has 0 aliphatic carbocycles. The number of aromatic amines is 2. The van der Waals surface area contributed by atoms with Gasteiger partial charge in [0.2, 0.25) is 5.91 Å². The van der Waals surface area contributed by atoms with Crippen molar-refractivity contribution in [3.63, 3.8) is 0 Å². The zero-order chi connectivity index (χ0) is 15.9. The maximum absolute atomic E-state index is 12.3. The van der Waals surface area contributed by atoms with Crippen molar-refractivity contribution < 1.29 is 4.79 Å². The van der Waals surface area contributed by atoms with Gasteiger partial charge in [-0.1, -0.05) is 25.1 Å². The lowest BCUT2D eigenvalue weighted by Gasteiger charge is -2.14. The van der Waals surface area contributed by atoms with E-state index in [1.54, 1.807) is 0 Å². The highest BCUT2D eigenvalue weighted by molar-refractivity contribution is 8.00. The van der Waals surface area contributed by atoms with Gasteiger partial charge in [-0.05, 0) is 30.8 Å². The quantitative estimate of drug-likeness (QED) is 0.560. The number of benzene rings is 1. The lowest BCUT2D eigenvalue weighted by atomic mass is 10.3. The smallest absolute Gasteiger partial charge is 0.251 e. The minimum atomic E-state index is -0.279. The molecule has 1 unspecified atom stereocenters. The molecular formula is C15H17N3O2S2. The van der Waals surface area contributed by atoms with Gasteiger partial charge in [-0.15, -0.1) is 11.8 Å². The van der Waals surface area contributed by atoms with Crippen LogP contribution >= 0.6 is 24.0 Å². The van der Waals surface area contributed by atoms with Crippen LogP contribution in [0.15, 0.2) is 46.1 Å². The Bertz CT molecular complexity index is 712. The summed E-state index contributed by atoms with van der Waals surface area (Å²) in [5.74, 6) is -0.0593. The fraction of sp³-hybridized carbons (Fsp3) is 0.267. The molecule has 0 radical (unpaired) electrons. The van der Waals surface area contributed by atoms with E-state index in [4.69, 9.17) is 12.2 Å². The zero-order valence-electron chi connectivity index (χ0n) is 12.1. The van der Waals surface area contributed by atoms with Crippen LogP contribution in [0.25, 0.3) is 0 Å². The molecule has 0 saturated heterocycles. The van der Waals surface area contributed by atoms with Crippen LogP contribution < -0.4 is 10.9 Å². The van der Waals surface area contributed by atoms with E-state index in [-0.39, 0.29) is 28.0 Å². The molecule has 5 nitrogen and oxygen atoms in total. The number of H-pyrrole nitrogens is 2. The summed E-state index contributed by atoms with van der Waals surface area (Å²) in [5.41, 5.74) is 0.306. The normalized spacial score (nSPS) is 11.9. The van der Waals surface area contributed by atoms with Gasteiger partial charge in [-0.3, -0.25) is 14.6 Å². The molecule has 2 aromatic rings. The summed E-state index contributed by atoms with van der Waals surface area (Å²) in [6, 6.07) is 11.2. The molecule has 1 heterocycles. The first-order chi connectivity index (χ1) is 10.6. The number of carbonyl (C=O) groups is 1. The van der Waals surface area contributed by atoms with Crippen molar-refractivity contribution in [2.45, 2.75) is 30.0 Å². The van der Waals surface area contributed by atoms with Gasteiger partial charge < -0.3 is 10.3 Å². The van der Waals surface area contributed by atoms with Gasteiger partial charge in [0.1, 0.15) is 0 Å². The number of hydrogen-bond acceptors (Lipinski definition) is 4. The van der Waals surface area contributed by atoms with Crippen molar-refractivity contribution in [3.8, 4) is 0 Å². The van der Waals surface area contributed by atoms with Gasteiger partial charge in [-0.25, -0.2) is 0 Å². The molecule has 22 heavy (non-hydrogen) atoms. The Balaban J connectivity index is 1.97. The van der Waals surface area contributed by atoms with E-state index in [0.29, 0.717) is 5.69 Å². The van der Waals surface area contributed by atoms with Crippen LogP contribution in [-0.4, -0.2) is 21.1 Å². The highest BCUT2D eigenvalue weighted by Gasteiger charge is 2.17. The summed E-state index contributed by atoms with van der Waals surface area (Å²) in [6.07, 6.45) is 0.719. The van der Waals surface area contributed by atoms with Crippen LogP contribution in [0.5, 0.6) is 0 Å². The summed E-state index contributed by atoms with van der Waals surface area (Å²) >= 11 is 6.43. The highest BCUT2D eigenvalue weighted by Crippen LogP contribution is 2.25. The lowest BCUT2D eigenvalue weighted by molar-refractivity contribution is -0.120. The van der Waals surface area contributed by atoms with E-state index in [0.717, 1.165) is 11.3 Å². The van der Waals surface area contributed by atoms with Crippen LogP contribution in [0.1, 0.15) is 19.0 Å². The molecule has 1 amide bonds. The zero-order valence-corrected chi connectivity index (χ0v) is 13.7. The van der Waals surface area contributed by atoms with E-state index in [9.17, 15) is 9.59 Å². The molecule has 1 aromatic carbocycles. The summed E-state index contributed by atoms with van der Waals surface area (Å²) in [7, 11) is 0. The van der Waals surface area contributed by atoms with Crippen molar-refractivity contribution in [2.75, 3.05) is 0 Å². The fourth-order valence-electron chi connectivity index (χ4n) is 1.90. The third-order valence-electron chi connectivity index (χ3n) is 2.95. The Hall–Kier alpha value is -1.86. The van der Waals surface area contributed by atoms with Gasteiger partial charge >= 0.3 is 0 Å². The standard InChI is InChI=1S/C15H17N3O2S2/c1-2-12(22-11-6-4-3-5-7-11)14(20)16-9-10-8-13(19)18-15(21)17-10/h3-8,12H,2,9H2,1H3,(H,16,20)(H2,17,18,19,21). The Kier molecular flexibility index (Phi) is 5.97. The van der Waals surface area contributed by atoms with Crippen LogP contribution in [-0.2, 0) is 11.3 Å². The largest absolute Gasteiger partial charge is 0.350 e. The van der Waals surface area contributed by atoms with Gasteiger partial charge in [0.25, 0.3) is 5.56 Å². The Morgan fingerprint density at radius 2 is 2.05 bits per heavy atom. The minimum absolute atomic E-state index is 0.0593. The summed E-state index contributed by atoms with van der Waals surface area (Å²) in [4.78, 5) is 29.9. The predicted octanol–water partition coefficient (Wildman–Crippen LogP) is 2.62. The topological polar surface area (TPSA) is 77.8 Å². The first-order valence-corrected chi connectivity index (χ1v) is 8.19. The Morgan fingerprint density at radius 3 is 2.68 bits per heavy atom. The van der Waals surface area contributed by atoms with Gasteiger partial charge in [0, 0.05) is 16.7 Å². The molecule has 116 valence electrons. The van der Waals surface area contributed by atoms with Crippen LogP contribution in [0.3, 0.4) is 0 Å².